The standard InChI is InChI=1S/C19H20FNO2/c1-12-8-22-10-17-15(12)6-21-7-16(17)13-3-4-18-14(5-13)9-23-11-19(18,2)20/h3-7,12H,8-11H2,1-2H3. The number of hydrogen-bond acceptors (Lipinski definition) is 3. The Hall–Kier alpha value is -1.78. The molecule has 1 aromatic carbocycles. The lowest BCUT2D eigenvalue weighted by atomic mass is 9.87. The zero-order valence-electron chi connectivity index (χ0n) is 13.4. The molecule has 4 heteroatoms. The maximum absolute atomic E-state index is 14.6. The van der Waals surface area contributed by atoms with Gasteiger partial charge in [0.1, 0.15) is 0 Å². The molecule has 0 fully saturated rings. The molecule has 120 valence electrons. The normalized spacial score (nSPS) is 26.5. The highest BCUT2D eigenvalue weighted by molar-refractivity contribution is 5.69. The van der Waals surface area contributed by atoms with Crippen molar-refractivity contribution in [2.75, 3.05) is 13.2 Å². The first kappa shape index (κ1) is 14.8. The molecule has 2 aliphatic rings. The monoisotopic (exact) mass is 313 g/mol. The van der Waals surface area contributed by atoms with Crippen LogP contribution in [-0.2, 0) is 28.4 Å². The highest BCUT2D eigenvalue weighted by Gasteiger charge is 2.33. The van der Waals surface area contributed by atoms with Gasteiger partial charge in [0.15, 0.2) is 5.67 Å². The molecule has 2 unspecified atom stereocenters. The summed E-state index contributed by atoms with van der Waals surface area (Å²) in [6.07, 6.45) is 3.81. The van der Waals surface area contributed by atoms with Crippen LogP contribution in [0.1, 0.15) is 42.0 Å². The first-order valence-electron chi connectivity index (χ1n) is 8.01. The van der Waals surface area contributed by atoms with Gasteiger partial charge in [-0.1, -0.05) is 19.1 Å². The smallest absolute Gasteiger partial charge is 0.156 e. The molecule has 23 heavy (non-hydrogen) atoms. The zero-order chi connectivity index (χ0) is 16.0. The summed E-state index contributed by atoms with van der Waals surface area (Å²) in [6.45, 7) is 5.64. The lowest BCUT2D eigenvalue weighted by Gasteiger charge is -2.29. The van der Waals surface area contributed by atoms with Gasteiger partial charge in [-0.2, -0.15) is 0 Å². The predicted octanol–water partition coefficient (Wildman–Crippen LogP) is 4.10. The van der Waals surface area contributed by atoms with Crippen molar-refractivity contribution in [3.05, 3.63) is 52.8 Å². The molecule has 4 rings (SSSR count). The Balaban J connectivity index is 1.82. The van der Waals surface area contributed by atoms with E-state index in [0.717, 1.165) is 28.9 Å². The molecular weight excluding hydrogens is 293 g/mol. The quantitative estimate of drug-likeness (QED) is 0.794. The Morgan fingerprint density at radius 3 is 2.96 bits per heavy atom. The van der Waals surface area contributed by atoms with Crippen molar-refractivity contribution in [2.45, 2.75) is 38.6 Å². The van der Waals surface area contributed by atoms with E-state index in [1.165, 1.54) is 11.1 Å². The van der Waals surface area contributed by atoms with Crippen molar-refractivity contribution in [1.29, 1.82) is 0 Å². The Labute approximate surface area is 135 Å². The number of ether oxygens (including phenoxy) is 2. The molecule has 0 aliphatic carbocycles. The van der Waals surface area contributed by atoms with Gasteiger partial charge in [-0.05, 0) is 40.8 Å². The van der Waals surface area contributed by atoms with E-state index in [4.69, 9.17) is 9.47 Å². The number of pyridine rings is 1. The van der Waals surface area contributed by atoms with Gasteiger partial charge in [0.2, 0.25) is 0 Å². The van der Waals surface area contributed by atoms with E-state index < -0.39 is 5.67 Å². The van der Waals surface area contributed by atoms with Crippen molar-refractivity contribution in [3.63, 3.8) is 0 Å². The first-order chi connectivity index (χ1) is 11.1. The predicted molar refractivity (Wildman–Crippen MR) is 85.9 cm³/mol. The summed E-state index contributed by atoms with van der Waals surface area (Å²) in [5.41, 5.74) is 4.79. The Bertz CT molecular complexity index is 757. The number of rotatable bonds is 1. The SMILES string of the molecule is CC1COCc2c(-c3ccc4c(c3)COCC4(C)F)cncc21. The fraction of sp³-hybridized carbons (Fsp3) is 0.421. The van der Waals surface area contributed by atoms with Gasteiger partial charge in [0.05, 0.1) is 26.4 Å². The minimum Gasteiger partial charge on any atom is -0.376 e. The molecule has 0 radical (unpaired) electrons. The fourth-order valence-corrected chi connectivity index (χ4v) is 3.59. The van der Waals surface area contributed by atoms with Crippen molar-refractivity contribution in [1.82, 2.24) is 4.98 Å². The molecule has 0 saturated carbocycles. The maximum Gasteiger partial charge on any atom is 0.156 e. The van der Waals surface area contributed by atoms with Gasteiger partial charge < -0.3 is 9.47 Å². The minimum absolute atomic E-state index is 0.118. The molecule has 0 spiro atoms. The van der Waals surface area contributed by atoms with Crippen LogP contribution < -0.4 is 0 Å². The molecular formula is C19H20FNO2. The van der Waals surface area contributed by atoms with Crippen LogP contribution in [0, 0.1) is 0 Å². The fourth-order valence-electron chi connectivity index (χ4n) is 3.59. The van der Waals surface area contributed by atoms with Crippen LogP contribution in [0.5, 0.6) is 0 Å². The Kier molecular flexibility index (Phi) is 3.47. The topological polar surface area (TPSA) is 31.4 Å². The van der Waals surface area contributed by atoms with E-state index in [1.54, 1.807) is 6.92 Å². The lowest BCUT2D eigenvalue weighted by molar-refractivity contribution is -0.00459. The molecule has 0 N–H and O–H groups in total. The van der Waals surface area contributed by atoms with Crippen LogP contribution in [0.2, 0.25) is 0 Å². The summed E-state index contributed by atoms with van der Waals surface area (Å²) in [4.78, 5) is 4.40. The van der Waals surface area contributed by atoms with Crippen LogP contribution in [0.3, 0.4) is 0 Å². The number of halogens is 1. The summed E-state index contributed by atoms with van der Waals surface area (Å²) in [6, 6.07) is 5.90. The zero-order valence-corrected chi connectivity index (χ0v) is 13.4. The van der Waals surface area contributed by atoms with Gasteiger partial charge in [-0.3, -0.25) is 4.98 Å². The third-order valence-corrected chi connectivity index (χ3v) is 4.84. The number of hydrogen-bond donors (Lipinski definition) is 0. The van der Waals surface area contributed by atoms with Crippen LogP contribution in [-0.4, -0.2) is 18.2 Å². The van der Waals surface area contributed by atoms with Gasteiger partial charge in [-0.25, -0.2) is 4.39 Å². The van der Waals surface area contributed by atoms with Crippen molar-refractivity contribution in [2.24, 2.45) is 0 Å². The van der Waals surface area contributed by atoms with Crippen molar-refractivity contribution >= 4 is 0 Å². The number of fused-ring (bicyclic) bond motifs is 2. The molecule has 2 aliphatic heterocycles. The molecule has 0 saturated heterocycles. The van der Waals surface area contributed by atoms with E-state index in [9.17, 15) is 4.39 Å². The summed E-state index contributed by atoms with van der Waals surface area (Å²) in [5, 5.41) is 0. The summed E-state index contributed by atoms with van der Waals surface area (Å²) >= 11 is 0. The number of nitrogens with zero attached hydrogens (tertiary/aromatic N) is 1. The summed E-state index contributed by atoms with van der Waals surface area (Å²) in [5.74, 6) is 0.348. The average molecular weight is 313 g/mol. The lowest BCUT2D eigenvalue weighted by Crippen LogP contribution is -2.28. The number of alkyl halides is 1. The number of benzene rings is 1. The third kappa shape index (κ3) is 2.46. The summed E-state index contributed by atoms with van der Waals surface area (Å²) < 4.78 is 25.7. The molecule has 1 aromatic heterocycles. The molecule has 3 nitrogen and oxygen atoms in total. The highest BCUT2D eigenvalue weighted by atomic mass is 19.1. The van der Waals surface area contributed by atoms with E-state index in [0.29, 0.717) is 19.1 Å². The third-order valence-electron chi connectivity index (χ3n) is 4.84. The molecule has 3 heterocycles. The van der Waals surface area contributed by atoms with Crippen LogP contribution in [0.25, 0.3) is 11.1 Å². The largest absolute Gasteiger partial charge is 0.376 e. The van der Waals surface area contributed by atoms with Gasteiger partial charge in [0, 0.05) is 23.9 Å². The van der Waals surface area contributed by atoms with E-state index in [-0.39, 0.29) is 6.61 Å². The van der Waals surface area contributed by atoms with Crippen LogP contribution in [0.4, 0.5) is 4.39 Å². The van der Waals surface area contributed by atoms with Crippen LogP contribution in [0.15, 0.2) is 30.6 Å². The number of aromatic nitrogens is 1. The van der Waals surface area contributed by atoms with Gasteiger partial charge in [0.25, 0.3) is 0 Å². The van der Waals surface area contributed by atoms with Gasteiger partial charge in [-0.15, -0.1) is 0 Å². The summed E-state index contributed by atoms with van der Waals surface area (Å²) in [7, 11) is 0. The molecule has 0 amide bonds. The van der Waals surface area contributed by atoms with Gasteiger partial charge >= 0.3 is 0 Å². The maximum atomic E-state index is 14.6. The molecule has 0 bridgehead atoms. The van der Waals surface area contributed by atoms with Crippen LogP contribution >= 0.6 is 0 Å². The average Bonchev–Trinajstić information content (AvgIpc) is 2.54. The molecule has 2 aromatic rings. The van der Waals surface area contributed by atoms with E-state index >= 15 is 0 Å². The Morgan fingerprint density at radius 2 is 2.09 bits per heavy atom. The second-order valence-electron chi connectivity index (χ2n) is 6.73. The van der Waals surface area contributed by atoms with E-state index in [1.807, 2.05) is 30.6 Å². The molecule has 2 atom stereocenters. The minimum atomic E-state index is -1.42. The van der Waals surface area contributed by atoms with E-state index in [2.05, 4.69) is 11.9 Å². The van der Waals surface area contributed by atoms with Crippen molar-refractivity contribution < 1.29 is 13.9 Å². The highest BCUT2D eigenvalue weighted by Crippen LogP contribution is 2.38. The second kappa shape index (κ2) is 5.39. The first-order valence-corrected chi connectivity index (χ1v) is 8.01. The van der Waals surface area contributed by atoms with Crippen molar-refractivity contribution in [3.8, 4) is 11.1 Å². The second-order valence-corrected chi connectivity index (χ2v) is 6.73. The Morgan fingerprint density at radius 1 is 1.22 bits per heavy atom.